The Kier molecular flexibility index (Phi) is 6.42. The Bertz CT molecular complexity index is 599. The second-order valence-electron chi connectivity index (χ2n) is 8.09. The molecule has 3 saturated heterocycles. The molecule has 3 aliphatic rings. The topological polar surface area (TPSA) is 62.6 Å². The van der Waals surface area contributed by atoms with Gasteiger partial charge in [-0.25, -0.2) is 0 Å². The summed E-state index contributed by atoms with van der Waals surface area (Å²) in [4.78, 5) is 17.2. The number of carbonyl (C=O) groups is 1. The van der Waals surface area contributed by atoms with Gasteiger partial charge in [0, 0.05) is 32.4 Å². The van der Waals surface area contributed by atoms with Crippen LogP contribution in [0.3, 0.4) is 0 Å². The van der Waals surface area contributed by atoms with Crippen molar-refractivity contribution in [1.29, 1.82) is 0 Å². The molecule has 4 heterocycles. The van der Waals surface area contributed by atoms with Crippen LogP contribution >= 0.6 is 0 Å². The highest BCUT2D eigenvalue weighted by Crippen LogP contribution is 2.19. The predicted octanol–water partition coefficient (Wildman–Crippen LogP) is 1.52. The molecular weight excluding hydrogens is 342 g/mol. The van der Waals surface area contributed by atoms with E-state index < -0.39 is 0 Å². The lowest BCUT2D eigenvalue weighted by Gasteiger charge is -2.32. The van der Waals surface area contributed by atoms with Crippen LogP contribution in [0.1, 0.15) is 55.1 Å². The lowest BCUT2D eigenvalue weighted by Crippen LogP contribution is -2.41. The first kappa shape index (κ1) is 18.9. The van der Waals surface area contributed by atoms with Gasteiger partial charge >= 0.3 is 0 Å². The van der Waals surface area contributed by atoms with E-state index in [1.807, 2.05) is 21.8 Å². The van der Waals surface area contributed by atoms with Crippen molar-refractivity contribution in [2.75, 3.05) is 52.4 Å². The number of carbonyl (C=O) groups excluding carboxylic acids is 1. The van der Waals surface area contributed by atoms with Crippen molar-refractivity contribution in [3.8, 4) is 0 Å². The third kappa shape index (κ3) is 4.89. The number of amides is 1. The van der Waals surface area contributed by atoms with Crippen molar-refractivity contribution in [3.05, 3.63) is 18.0 Å². The number of ether oxygens (including phenoxy) is 1. The van der Waals surface area contributed by atoms with Crippen molar-refractivity contribution < 1.29 is 9.53 Å². The number of aromatic nitrogens is 2. The van der Waals surface area contributed by atoms with E-state index in [-0.39, 0.29) is 5.91 Å². The maximum atomic E-state index is 12.8. The van der Waals surface area contributed by atoms with Gasteiger partial charge in [0.1, 0.15) is 5.69 Å². The third-order valence-electron chi connectivity index (χ3n) is 6.16. The van der Waals surface area contributed by atoms with E-state index in [2.05, 4.69) is 15.3 Å². The third-order valence-corrected chi connectivity index (χ3v) is 6.16. The van der Waals surface area contributed by atoms with Crippen LogP contribution in [0.2, 0.25) is 0 Å². The molecule has 0 radical (unpaired) electrons. The zero-order chi connectivity index (χ0) is 18.5. The minimum atomic E-state index is 0.0630. The van der Waals surface area contributed by atoms with E-state index in [9.17, 15) is 4.79 Å². The van der Waals surface area contributed by atoms with Gasteiger partial charge in [-0.3, -0.25) is 9.48 Å². The van der Waals surface area contributed by atoms with Crippen LogP contribution in [0.15, 0.2) is 12.3 Å². The summed E-state index contributed by atoms with van der Waals surface area (Å²) in [7, 11) is 0. The van der Waals surface area contributed by atoms with Gasteiger partial charge in [-0.1, -0.05) is 0 Å². The standard InChI is InChI=1S/C20H33N5O2/c26-20(19-7-13-25(22-19)17-4-3-8-21-16-17)24-11-5-18(6-12-24)27-15-14-23-9-1-2-10-23/h7,13,17-18,21H,1-6,8-12,14-16H2. The molecule has 4 rings (SSSR count). The van der Waals surface area contributed by atoms with Crippen LogP contribution in [0.25, 0.3) is 0 Å². The average Bonchev–Trinajstić information content (AvgIpc) is 3.41. The van der Waals surface area contributed by atoms with E-state index in [0.717, 1.165) is 58.6 Å². The van der Waals surface area contributed by atoms with Crippen LogP contribution in [0, 0.1) is 0 Å². The van der Waals surface area contributed by atoms with Gasteiger partial charge in [-0.2, -0.15) is 5.10 Å². The molecule has 1 amide bonds. The van der Waals surface area contributed by atoms with Crippen LogP contribution in [0.4, 0.5) is 0 Å². The van der Waals surface area contributed by atoms with Gasteiger partial charge in [0.25, 0.3) is 5.91 Å². The Hall–Kier alpha value is -1.44. The molecule has 0 saturated carbocycles. The SMILES string of the molecule is O=C(c1ccn(C2CCCNC2)n1)N1CCC(OCCN2CCCC2)CC1. The van der Waals surface area contributed by atoms with Crippen LogP contribution < -0.4 is 5.32 Å². The summed E-state index contributed by atoms with van der Waals surface area (Å²) in [6, 6.07) is 2.24. The molecule has 3 aliphatic heterocycles. The number of hydrogen-bond acceptors (Lipinski definition) is 5. The molecule has 3 fully saturated rings. The lowest BCUT2D eigenvalue weighted by atomic mass is 10.1. The van der Waals surface area contributed by atoms with Crippen molar-refractivity contribution in [3.63, 3.8) is 0 Å². The summed E-state index contributed by atoms with van der Waals surface area (Å²) >= 11 is 0. The first-order chi connectivity index (χ1) is 13.3. The Balaban J connectivity index is 1.20. The Labute approximate surface area is 162 Å². The summed E-state index contributed by atoms with van der Waals surface area (Å²) < 4.78 is 8.02. The quantitative estimate of drug-likeness (QED) is 0.817. The van der Waals surface area contributed by atoms with Crippen LogP contribution in [-0.4, -0.2) is 84.0 Å². The summed E-state index contributed by atoms with van der Waals surface area (Å²) in [5.41, 5.74) is 0.578. The minimum Gasteiger partial charge on any atom is -0.377 e. The zero-order valence-corrected chi connectivity index (χ0v) is 16.3. The number of piperidine rings is 2. The molecule has 0 spiro atoms. The van der Waals surface area contributed by atoms with Gasteiger partial charge in [0.15, 0.2) is 0 Å². The smallest absolute Gasteiger partial charge is 0.274 e. The highest BCUT2D eigenvalue weighted by atomic mass is 16.5. The van der Waals surface area contributed by atoms with Gasteiger partial charge < -0.3 is 19.9 Å². The van der Waals surface area contributed by atoms with Crippen LogP contribution in [0.5, 0.6) is 0 Å². The summed E-state index contributed by atoms with van der Waals surface area (Å²) in [5.74, 6) is 0.0630. The molecule has 150 valence electrons. The molecule has 1 unspecified atom stereocenters. The number of nitrogens with zero attached hydrogens (tertiary/aromatic N) is 4. The van der Waals surface area contributed by atoms with E-state index in [1.54, 1.807) is 0 Å². The predicted molar refractivity (Wildman–Crippen MR) is 104 cm³/mol. The number of nitrogens with one attached hydrogen (secondary N) is 1. The highest BCUT2D eigenvalue weighted by molar-refractivity contribution is 5.92. The fourth-order valence-corrected chi connectivity index (χ4v) is 4.46. The Morgan fingerprint density at radius 2 is 1.96 bits per heavy atom. The normalized spacial score (nSPS) is 25.2. The molecule has 1 N–H and O–H groups in total. The Morgan fingerprint density at radius 3 is 2.70 bits per heavy atom. The molecule has 7 nitrogen and oxygen atoms in total. The van der Waals surface area contributed by atoms with Gasteiger partial charge in [-0.15, -0.1) is 0 Å². The maximum Gasteiger partial charge on any atom is 0.274 e. The largest absolute Gasteiger partial charge is 0.377 e. The van der Waals surface area contributed by atoms with Crippen molar-refractivity contribution in [2.45, 2.75) is 50.7 Å². The molecule has 0 aliphatic carbocycles. The van der Waals surface area contributed by atoms with Crippen molar-refractivity contribution in [1.82, 2.24) is 24.9 Å². The summed E-state index contributed by atoms with van der Waals surface area (Å²) in [6.45, 7) is 7.87. The molecule has 7 heteroatoms. The fraction of sp³-hybridized carbons (Fsp3) is 0.800. The highest BCUT2D eigenvalue weighted by Gasteiger charge is 2.26. The Morgan fingerprint density at radius 1 is 1.15 bits per heavy atom. The minimum absolute atomic E-state index is 0.0630. The molecule has 1 aromatic rings. The first-order valence-corrected chi connectivity index (χ1v) is 10.7. The average molecular weight is 376 g/mol. The summed E-state index contributed by atoms with van der Waals surface area (Å²) in [6.07, 6.45) is 9.06. The molecule has 1 atom stereocenters. The first-order valence-electron chi connectivity index (χ1n) is 10.7. The maximum absolute atomic E-state index is 12.8. The number of rotatable bonds is 6. The van der Waals surface area contributed by atoms with E-state index >= 15 is 0 Å². The van der Waals surface area contributed by atoms with E-state index in [4.69, 9.17) is 4.74 Å². The monoisotopic (exact) mass is 375 g/mol. The van der Waals surface area contributed by atoms with Gasteiger partial charge in [0.05, 0.1) is 18.8 Å². The van der Waals surface area contributed by atoms with Gasteiger partial charge in [-0.05, 0) is 64.2 Å². The zero-order valence-electron chi connectivity index (χ0n) is 16.3. The fourth-order valence-electron chi connectivity index (χ4n) is 4.46. The van der Waals surface area contributed by atoms with E-state index in [0.29, 0.717) is 17.8 Å². The second-order valence-corrected chi connectivity index (χ2v) is 8.09. The molecular formula is C20H33N5O2. The molecule has 0 aromatic carbocycles. The number of likely N-dealkylation sites (tertiary alicyclic amines) is 2. The second kappa shape index (κ2) is 9.17. The summed E-state index contributed by atoms with van der Waals surface area (Å²) in [5, 5.41) is 7.97. The van der Waals surface area contributed by atoms with Crippen molar-refractivity contribution in [2.24, 2.45) is 0 Å². The molecule has 27 heavy (non-hydrogen) atoms. The van der Waals surface area contributed by atoms with Crippen molar-refractivity contribution >= 4 is 5.91 Å². The molecule has 1 aromatic heterocycles. The van der Waals surface area contributed by atoms with Gasteiger partial charge in [0.2, 0.25) is 0 Å². The lowest BCUT2D eigenvalue weighted by molar-refractivity contribution is 0.00193. The van der Waals surface area contributed by atoms with E-state index in [1.165, 1.54) is 32.4 Å². The molecule has 0 bridgehead atoms. The number of hydrogen-bond donors (Lipinski definition) is 1. The van der Waals surface area contributed by atoms with Crippen LogP contribution in [-0.2, 0) is 4.74 Å².